The van der Waals surface area contributed by atoms with E-state index in [-0.39, 0.29) is 5.92 Å². The number of hydrogen-bond acceptors (Lipinski definition) is 5. The topological polar surface area (TPSA) is 56.3 Å². The minimum atomic E-state index is 0.175. The molecule has 1 aromatic rings. The summed E-state index contributed by atoms with van der Waals surface area (Å²) in [5.41, 5.74) is 0.875. The number of methoxy groups -OCH3 is 2. The Morgan fingerprint density at radius 2 is 2.06 bits per heavy atom. The van der Waals surface area contributed by atoms with Crippen molar-refractivity contribution in [2.24, 2.45) is 0 Å². The molecule has 1 unspecified atom stereocenters. The van der Waals surface area contributed by atoms with E-state index in [0.717, 1.165) is 17.3 Å². The largest absolute Gasteiger partial charge is 0.384 e. The van der Waals surface area contributed by atoms with Crippen molar-refractivity contribution in [1.82, 2.24) is 9.97 Å². The zero-order chi connectivity index (χ0) is 12.0. The summed E-state index contributed by atoms with van der Waals surface area (Å²) in [6.07, 6.45) is 0. The normalized spacial score (nSPS) is 12.5. The van der Waals surface area contributed by atoms with Gasteiger partial charge in [-0.15, -0.1) is 0 Å². The van der Waals surface area contributed by atoms with Gasteiger partial charge in [0, 0.05) is 33.3 Å². The summed E-state index contributed by atoms with van der Waals surface area (Å²) in [6.45, 7) is 3.14. The van der Waals surface area contributed by atoms with Crippen LogP contribution in [0.1, 0.15) is 24.4 Å². The third-order valence-corrected chi connectivity index (χ3v) is 2.20. The number of nitrogens with one attached hydrogen (secondary N) is 1. The Balaban J connectivity index is 2.93. The van der Waals surface area contributed by atoms with Crippen molar-refractivity contribution in [1.29, 1.82) is 0 Å². The smallest absolute Gasteiger partial charge is 0.136 e. The molecule has 0 amide bonds. The molecule has 1 atom stereocenters. The van der Waals surface area contributed by atoms with Gasteiger partial charge < -0.3 is 14.8 Å². The third-order valence-electron chi connectivity index (χ3n) is 2.20. The molecular formula is C11H19N3O2. The Morgan fingerprint density at radius 1 is 1.31 bits per heavy atom. The average Bonchev–Trinajstić information content (AvgIpc) is 2.29. The second-order valence-electron chi connectivity index (χ2n) is 3.64. The highest BCUT2D eigenvalue weighted by Crippen LogP contribution is 2.15. The van der Waals surface area contributed by atoms with Crippen molar-refractivity contribution in [3.63, 3.8) is 0 Å². The highest BCUT2D eigenvalue weighted by Gasteiger charge is 2.11. The molecule has 0 saturated carbocycles. The van der Waals surface area contributed by atoms with Gasteiger partial charge in [0.15, 0.2) is 0 Å². The lowest BCUT2D eigenvalue weighted by atomic mass is 10.2. The first kappa shape index (κ1) is 12.9. The van der Waals surface area contributed by atoms with Gasteiger partial charge >= 0.3 is 0 Å². The molecule has 5 heteroatoms. The van der Waals surface area contributed by atoms with E-state index in [0.29, 0.717) is 13.2 Å². The van der Waals surface area contributed by atoms with E-state index < -0.39 is 0 Å². The number of rotatable bonds is 6. The average molecular weight is 225 g/mol. The number of anilines is 1. The quantitative estimate of drug-likeness (QED) is 0.793. The lowest BCUT2D eigenvalue weighted by Gasteiger charge is -2.12. The standard InChI is InChI=1S/C11H19N3O2/c1-8(6-15-3)11-13-9(7-16-4)5-10(12-2)14-11/h5,8H,6-7H2,1-4H3,(H,12,13,14). The minimum absolute atomic E-state index is 0.175. The first-order chi connectivity index (χ1) is 7.71. The molecule has 1 aromatic heterocycles. The van der Waals surface area contributed by atoms with Gasteiger partial charge in [-0.1, -0.05) is 6.92 Å². The van der Waals surface area contributed by atoms with Crippen LogP contribution in [-0.4, -0.2) is 37.8 Å². The van der Waals surface area contributed by atoms with Gasteiger partial charge in [-0.3, -0.25) is 0 Å². The second-order valence-corrected chi connectivity index (χ2v) is 3.64. The van der Waals surface area contributed by atoms with E-state index in [9.17, 15) is 0 Å². The molecule has 0 spiro atoms. The van der Waals surface area contributed by atoms with Crippen LogP contribution in [0.15, 0.2) is 6.07 Å². The Morgan fingerprint density at radius 3 is 2.62 bits per heavy atom. The monoisotopic (exact) mass is 225 g/mol. The van der Waals surface area contributed by atoms with Crippen molar-refractivity contribution in [3.8, 4) is 0 Å². The number of aromatic nitrogens is 2. The van der Waals surface area contributed by atoms with Crippen LogP contribution in [0, 0.1) is 0 Å². The third kappa shape index (κ3) is 3.43. The van der Waals surface area contributed by atoms with Crippen molar-refractivity contribution in [2.75, 3.05) is 33.2 Å². The maximum atomic E-state index is 5.10. The van der Waals surface area contributed by atoms with Gasteiger partial charge in [0.1, 0.15) is 11.6 Å². The summed E-state index contributed by atoms with van der Waals surface area (Å²) in [4.78, 5) is 8.83. The number of nitrogens with zero attached hydrogens (tertiary/aromatic N) is 2. The van der Waals surface area contributed by atoms with Gasteiger partial charge in [-0.05, 0) is 0 Å². The van der Waals surface area contributed by atoms with Gasteiger partial charge in [-0.25, -0.2) is 9.97 Å². The van der Waals surface area contributed by atoms with Gasteiger partial charge in [0.25, 0.3) is 0 Å². The first-order valence-corrected chi connectivity index (χ1v) is 5.24. The van der Waals surface area contributed by atoms with E-state index in [2.05, 4.69) is 15.3 Å². The summed E-state index contributed by atoms with van der Waals surface area (Å²) >= 11 is 0. The fourth-order valence-electron chi connectivity index (χ4n) is 1.41. The summed E-state index contributed by atoms with van der Waals surface area (Å²) in [7, 11) is 5.16. The summed E-state index contributed by atoms with van der Waals surface area (Å²) < 4.78 is 10.2. The molecule has 0 aliphatic carbocycles. The molecule has 0 aliphatic rings. The maximum Gasteiger partial charge on any atom is 0.136 e. The van der Waals surface area contributed by atoms with Crippen molar-refractivity contribution in [2.45, 2.75) is 19.4 Å². The maximum absolute atomic E-state index is 5.10. The van der Waals surface area contributed by atoms with Crippen LogP contribution < -0.4 is 5.32 Å². The van der Waals surface area contributed by atoms with Crippen molar-refractivity contribution in [3.05, 3.63) is 17.6 Å². The molecule has 0 saturated heterocycles. The van der Waals surface area contributed by atoms with E-state index in [1.165, 1.54) is 0 Å². The Hall–Kier alpha value is -1.20. The van der Waals surface area contributed by atoms with E-state index in [1.54, 1.807) is 14.2 Å². The summed E-state index contributed by atoms with van der Waals surface area (Å²) in [6, 6.07) is 1.88. The first-order valence-electron chi connectivity index (χ1n) is 5.24. The van der Waals surface area contributed by atoms with Crippen LogP contribution in [0.4, 0.5) is 5.82 Å². The number of ether oxygens (including phenoxy) is 2. The SMILES string of the molecule is CNc1cc(COC)nc(C(C)COC)n1. The van der Waals surface area contributed by atoms with Crippen LogP contribution in [-0.2, 0) is 16.1 Å². The molecule has 16 heavy (non-hydrogen) atoms. The molecule has 1 heterocycles. The fraction of sp³-hybridized carbons (Fsp3) is 0.636. The highest BCUT2D eigenvalue weighted by atomic mass is 16.5. The molecule has 0 aromatic carbocycles. The van der Waals surface area contributed by atoms with E-state index >= 15 is 0 Å². The Bertz CT molecular complexity index is 331. The van der Waals surface area contributed by atoms with Crippen LogP contribution in [0.3, 0.4) is 0 Å². The zero-order valence-electron chi connectivity index (χ0n) is 10.3. The van der Waals surface area contributed by atoms with Crippen LogP contribution in [0.25, 0.3) is 0 Å². The summed E-state index contributed by atoms with van der Waals surface area (Å²) in [5.74, 6) is 1.76. The fourth-order valence-corrected chi connectivity index (χ4v) is 1.41. The van der Waals surface area contributed by atoms with Gasteiger partial charge in [-0.2, -0.15) is 0 Å². The Kier molecular flexibility index (Phi) is 5.14. The van der Waals surface area contributed by atoms with E-state index in [1.807, 2.05) is 20.0 Å². The van der Waals surface area contributed by atoms with Gasteiger partial charge in [0.05, 0.1) is 18.9 Å². The predicted octanol–water partition coefficient (Wildman–Crippen LogP) is 1.41. The lowest BCUT2D eigenvalue weighted by Crippen LogP contribution is -2.10. The van der Waals surface area contributed by atoms with E-state index in [4.69, 9.17) is 9.47 Å². The molecule has 90 valence electrons. The molecule has 1 rings (SSSR count). The predicted molar refractivity (Wildman–Crippen MR) is 62.6 cm³/mol. The molecule has 0 radical (unpaired) electrons. The van der Waals surface area contributed by atoms with Crippen LogP contribution in [0.2, 0.25) is 0 Å². The lowest BCUT2D eigenvalue weighted by molar-refractivity contribution is 0.176. The molecule has 0 bridgehead atoms. The van der Waals surface area contributed by atoms with Crippen LogP contribution >= 0.6 is 0 Å². The molecular weight excluding hydrogens is 206 g/mol. The molecule has 5 nitrogen and oxygen atoms in total. The molecule has 0 fully saturated rings. The molecule has 0 aliphatic heterocycles. The van der Waals surface area contributed by atoms with Crippen molar-refractivity contribution < 1.29 is 9.47 Å². The highest BCUT2D eigenvalue weighted by molar-refractivity contribution is 5.35. The number of hydrogen-bond donors (Lipinski definition) is 1. The molecule has 1 N–H and O–H groups in total. The van der Waals surface area contributed by atoms with Crippen molar-refractivity contribution >= 4 is 5.82 Å². The van der Waals surface area contributed by atoms with Gasteiger partial charge in [0.2, 0.25) is 0 Å². The zero-order valence-corrected chi connectivity index (χ0v) is 10.3. The Labute approximate surface area is 96.2 Å². The summed E-state index contributed by atoms with van der Waals surface area (Å²) in [5, 5.41) is 3.02. The second kappa shape index (κ2) is 6.40. The minimum Gasteiger partial charge on any atom is -0.384 e. The van der Waals surface area contributed by atoms with Crippen LogP contribution in [0.5, 0.6) is 0 Å².